The van der Waals surface area contributed by atoms with Crippen molar-refractivity contribution in [3.8, 4) is 11.8 Å². The Balaban J connectivity index is 2.21. The average molecular weight is 301 g/mol. The molecule has 0 aliphatic heterocycles. The molecule has 0 amide bonds. The van der Waals surface area contributed by atoms with Gasteiger partial charge in [0, 0.05) is 17.4 Å². The summed E-state index contributed by atoms with van der Waals surface area (Å²) >= 11 is 5.86. The molecule has 0 radical (unpaired) electrons. The fraction of sp³-hybridized carbons (Fsp3) is 0.294. The van der Waals surface area contributed by atoms with Crippen LogP contribution in [0.15, 0.2) is 48.8 Å². The van der Waals surface area contributed by atoms with Gasteiger partial charge in [0.15, 0.2) is 0 Å². The van der Waals surface area contributed by atoms with Crippen molar-refractivity contribution in [3.63, 3.8) is 0 Å². The maximum absolute atomic E-state index is 9.70. The third-order valence-corrected chi connectivity index (χ3v) is 3.66. The third kappa shape index (κ3) is 3.74. The zero-order valence-corrected chi connectivity index (χ0v) is 12.7. The molecule has 2 rings (SSSR count). The first-order valence-electron chi connectivity index (χ1n) is 6.90. The molecule has 1 aromatic carbocycles. The second-order valence-corrected chi connectivity index (χ2v) is 5.36. The Morgan fingerprint density at radius 2 is 2.05 bits per heavy atom. The van der Waals surface area contributed by atoms with E-state index in [1.165, 1.54) is 0 Å². The summed E-state index contributed by atoms with van der Waals surface area (Å²) in [6, 6.07) is 13.4. The molecule has 1 aromatic heterocycles. The molecule has 21 heavy (non-hydrogen) atoms. The zero-order valence-electron chi connectivity index (χ0n) is 11.9. The standard InChI is InChI=1S/C17H17ClN2O/c1-2-9-17(12-19,14-4-3-10-20-11-14)13-21-16-7-5-15(18)6-8-16/h3-8,10-11H,2,9,13H2,1H3. The van der Waals surface area contributed by atoms with E-state index in [0.717, 1.165) is 18.4 Å². The van der Waals surface area contributed by atoms with Crippen molar-refractivity contribution in [2.45, 2.75) is 25.2 Å². The number of rotatable bonds is 6. The van der Waals surface area contributed by atoms with E-state index < -0.39 is 5.41 Å². The van der Waals surface area contributed by atoms with Gasteiger partial charge in [-0.25, -0.2) is 0 Å². The molecule has 0 fully saturated rings. The number of benzene rings is 1. The van der Waals surface area contributed by atoms with Gasteiger partial charge in [-0.3, -0.25) is 4.98 Å². The van der Waals surface area contributed by atoms with Gasteiger partial charge in [-0.15, -0.1) is 0 Å². The lowest BCUT2D eigenvalue weighted by atomic mass is 9.79. The van der Waals surface area contributed by atoms with Crippen LogP contribution in [0.5, 0.6) is 5.75 Å². The van der Waals surface area contributed by atoms with Crippen molar-refractivity contribution in [1.29, 1.82) is 5.26 Å². The van der Waals surface area contributed by atoms with Crippen LogP contribution < -0.4 is 4.74 Å². The fourth-order valence-electron chi connectivity index (χ4n) is 2.26. The number of pyridine rings is 1. The second-order valence-electron chi connectivity index (χ2n) is 4.93. The third-order valence-electron chi connectivity index (χ3n) is 3.40. The Labute approximate surface area is 130 Å². The number of ether oxygens (including phenoxy) is 1. The van der Waals surface area contributed by atoms with E-state index in [0.29, 0.717) is 17.4 Å². The van der Waals surface area contributed by atoms with Crippen LogP contribution >= 0.6 is 11.6 Å². The molecule has 0 saturated heterocycles. The van der Waals surface area contributed by atoms with Crippen molar-refractivity contribution in [3.05, 3.63) is 59.4 Å². The molecular formula is C17H17ClN2O. The first-order chi connectivity index (χ1) is 10.2. The van der Waals surface area contributed by atoms with E-state index >= 15 is 0 Å². The lowest BCUT2D eigenvalue weighted by Crippen LogP contribution is -2.32. The summed E-state index contributed by atoms with van der Waals surface area (Å²) in [4.78, 5) is 4.12. The van der Waals surface area contributed by atoms with Crippen molar-refractivity contribution in [2.75, 3.05) is 6.61 Å². The summed E-state index contributed by atoms with van der Waals surface area (Å²) < 4.78 is 5.82. The summed E-state index contributed by atoms with van der Waals surface area (Å²) in [5.74, 6) is 0.707. The summed E-state index contributed by atoms with van der Waals surface area (Å²) in [7, 11) is 0. The SMILES string of the molecule is CCCC(C#N)(COc1ccc(Cl)cc1)c1cccnc1. The van der Waals surface area contributed by atoms with Crippen molar-refractivity contribution in [2.24, 2.45) is 0 Å². The van der Waals surface area contributed by atoms with E-state index in [1.54, 1.807) is 36.7 Å². The minimum atomic E-state index is -0.678. The van der Waals surface area contributed by atoms with Crippen LogP contribution in [0.2, 0.25) is 5.02 Å². The Morgan fingerprint density at radius 3 is 2.62 bits per heavy atom. The van der Waals surface area contributed by atoms with Crippen molar-refractivity contribution < 1.29 is 4.74 Å². The molecule has 0 aliphatic carbocycles. The Morgan fingerprint density at radius 1 is 1.29 bits per heavy atom. The van der Waals surface area contributed by atoms with Crippen LogP contribution in [-0.2, 0) is 5.41 Å². The van der Waals surface area contributed by atoms with Crippen molar-refractivity contribution >= 4 is 11.6 Å². The summed E-state index contributed by atoms with van der Waals surface area (Å²) in [5.41, 5.74) is 0.214. The Bertz CT molecular complexity index is 607. The van der Waals surface area contributed by atoms with Gasteiger partial charge in [-0.05, 0) is 42.3 Å². The van der Waals surface area contributed by atoms with Gasteiger partial charge in [-0.1, -0.05) is 31.0 Å². The molecule has 2 aromatic rings. The highest BCUT2D eigenvalue weighted by Gasteiger charge is 2.33. The summed E-state index contributed by atoms with van der Waals surface area (Å²) in [6.07, 6.45) is 5.07. The number of nitriles is 1. The monoisotopic (exact) mass is 300 g/mol. The number of hydrogen-bond acceptors (Lipinski definition) is 3. The van der Waals surface area contributed by atoms with Gasteiger partial charge in [0.25, 0.3) is 0 Å². The van der Waals surface area contributed by atoms with Crippen LogP contribution in [0.25, 0.3) is 0 Å². The van der Waals surface area contributed by atoms with Gasteiger partial charge in [0.1, 0.15) is 17.8 Å². The predicted molar refractivity (Wildman–Crippen MR) is 83.4 cm³/mol. The van der Waals surface area contributed by atoms with Gasteiger partial charge >= 0.3 is 0 Å². The molecule has 4 heteroatoms. The van der Waals surface area contributed by atoms with Gasteiger partial charge < -0.3 is 4.74 Å². The normalized spacial score (nSPS) is 13.2. The van der Waals surface area contributed by atoms with Crippen LogP contribution in [0.4, 0.5) is 0 Å². The molecule has 0 aliphatic rings. The molecule has 0 bridgehead atoms. The molecule has 108 valence electrons. The van der Waals surface area contributed by atoms with Crippen LogP contribution in [0, 0.1) is 11.3 Å². The van der Waals surface area contributed by atoms with E-state index in [9.17, 15) is 5.26 Å². The van der Waals surface area contributed by atoms with Gasteiger partial charge in [0.05, 0.1) is 6.07 Å². The van der Waals surface area contributed by atoms with E-state index in [1.807, 2.05) is 12.1 Å². The van der Waals surface area contributed by atoms with Gasteiger partial charge in [-0.2, -0.15) is 5.26 Å². The highest BCUT2D eigenvalue weighted by atomic mass is 35.5. The van der Waals surface area contributed by atoms with Gasteiger partial charge in [0.2, 0.25) is 0 Å². The molecular weight excluding hydrogens is 284 g/mol. The highest BCUT2D eigenvalue weighted by molar-refractivity contribution is 6.30. The molecule has 1 unspecified atom stereocenters. The lowest BCUT2D eigenvalue weighted by molar-refractivity contribution is 0.242. The molecule has 0 saturated carbocycles. The Kier molecular flexibility index (Phi) is 5.19. The number of nitrogens with zero attached hydrogens (tertiary/aromatic N) is 2. The maximum atomic E-state index is 9.70. The first kappa shape index (κ1) is 15.3. The Hall–Kier alpha value is -2.05. The molecule has 1 heterocycles. The molecule has 3 nitrogen and oxygen atoms in total. The highest BCUT2D eigenvalue weighted by Crippen LogP contribution is 2.29. The summed E-state index contributed by atoms with van der Waals surface area (Å²) in [6.45, 7) is 2.36. The number of hydrogen-bond donors (Lipinski definition) is 0. The molecule has 0 N–H and O–H groups in total. The van der Waals surface area contributed by atoms with Crippen LogP contribution in [0.3, 0.4) is 0 Å². The predicted octanol–water partition coefficient (Wildman–Crippen LogP) is 4.38. The van der Waals surface area contributed by atoms with Crippen LogP contribution in [-0.4, -0.2) is 11.6 Å². The fourth-order valence-corrected chi connectivity index (χ4v) is 2.39. The summed E-state index contributed by atoms with van der Waals surface area (Å²) in [5, 5.41) is 10.4. The minimum absolute atomic E-state index is 0.296. The number of halogens is 1. The second kappa shape index (κ2) is 7.10. The smallest absolute Gasteiger partial charge is 0.119 e. The molecule has 1 atom stereocenters. The van der Waals surface area contributed by atoms with Crippen molar-refractivity contribution in [1.82, 2.24) is 4.98 Å². The van der Waals surface area contributed by atoms with Crippen LogP contribution in [0.1, 0.15) is 25.3 Å². The zero-order chi connectivity index (χ0) is 15.1. The van der Waals surface area contributed by atoms with E-state index in [2.05, 4.69) is 18.0 Å². The van der Waals surface area contributed by atoms with E-state index in [-0.39, 0.29) is 0 Å². The topological polar surface area (TPSA) is 45.9 Å². The number of aromatic nitrogens is 1. The lowest BCUT2D eigenvalue weighted by Gasteiger charge is -2.26. The average Bonchev–Trinajstić information content (AvgIpc) is 2.54. The maximum Gasteiger partial charge on any atom is 0.119 e. The minimum Gasteiger partial charge on any atom is -0.492 e. The quantitative estimate of drug-likeness (QED) is 0.795. The van der Waals surface area contributed by atoms with E-state index in [4.69, 9.17) is 16.3 Å². The molecule has 0 spiro atoms. The first-order valence-corrected chi connectivity index (χ1v) is 7.28. The largest absolute Gasteiger partial charge is 0.492 e.